The van der Waals surface area contributed by atoms with Crippen LogP contribution >= 0.6 is 12.4 Å². The quantitative estimate of drug-likeness (QED) is 0.901. The molecule has 0 aliphatic heterocycles. The minimum absolute atomic E-state index is 0. The lowest BCUT2D eigenvalue weighted by Gasteiger charge is -2.18. The van der Waals surface area contributed by atoms with Crippen LogP contribution in [0.3, 0.4) is 0 Å². The van der Waals surface area contributed by atoms with Gasteiger partial charge in [0.15, 0.2) is 0 Å². The van der Waals surface area contributed by atoms with Gasteiger partial charge >= 0.3 is 5.69 Å². The molecule has 0 aliphatic carbocycles. The van der Waals surface area contributed by atoms with E-state index in [4.69, 9.17) is 10.5 Å². The van der Waals surface area contributed by atoms with E-state index in [1.807, 2.05) is 32.0 Å². The topological polar surface area (TPSA) is 73.0 Å². The number of nitrogens with one attached hydrogen (secondary N) is 1. The van der Waals surface area contributed by atoms with E-state index in [2.05, 4.69) is 4.98 Å². The Kier molecular flexibility index (Phi) is 4.66. The lowest BCUT2D eigenvalue weighted by atomic mass is 10.0. The molecule has 0 unspecified atom stereocenters. The first-order valence-corrected chi connectivity index (χ1v) is 5.97. The highest BCUT2D eigenvalue weighted by Crippen LogP contribution is 2.22. The molecule has 0 radical (unpaired) electrons. The van der Waals surface area contributed by atoms with Crippen LogP contribution in [-0.4, -0.2) is 22.2 Å². The van der Waals surface area contributed by atoms with Gasteiger partial charge in [-0.25, -0.2) is 4.79 Å². The maximum atomic E-state index is 11.9. The minimum atomic E-state index is -0.290. The van der Waals surface area contributed by atoms with Gasteiger partial charge in [-0.05, 0) is 32.4 Å². The Balaban J connectivity index is 0.00000180. The summed E-state index contributed by atoms with van der Waals surface area (Å²) in [5.74, 6) is 0.676. The van der Waals surface area contributed by atoms with E-state index in [1.54, 1.807) is 11.7 Å². The molecule has 106 valence electrons. The number of rotatable bonds is 4. The molecule has 6 heteroatoms. The first-order valence-electron chi connectivity index (χ1n) is 5.97. The molecule has 0 amide bonds. The van der Waals surface area contributed by atoms with Gasteiger partial charge in [0.2, 0.25) is 0 Å². The summed E-state index contributed by atoms with van der Waals surface area (Å²) in [6.07, 6.45) is 0.733. The highest BCUT2D eigenvalue weighted by atomic mass is 35.5. The highest BCUT2D eigenvalue weighted by molar-refractivity contribution is 5.85. The van der Waals surface area contributed by atoms with Gasteiger partial charge in [0.05, 0.1) is 12.6 Å². The van der Waals surface area contributed by atoms with Crippen molar-refractivity contribution in [3.63, 3.8) is 0 Å². The molecule has 2 rings (SSSR count). The van der Waals surface area contributed by atoms with Gasteiger partial charge in [0, 0.05) is 12.1 Å². The second-order valence-electron chi connectivity index (χ2n) is 5.17. The van der Waals surface area contributed by atoms with Crippen molar-refractivity contribution in [1.29, 1.82) is 0 Å². The second kappa shape index (κ2) is 5.67. The van der Waals surface area contributed by atoms with Crippen molar-refractivity contribution in [2.45, 2.75) is 32.4 Å². The summed E-state index contributed by atoms with van der Waals surface area (Å²) in [6.45, 7) is 4.50. The molecule has 0 saturated heterocycles. The van der Waals surface area contributed by atoms with Crippen LogP contribution in [0.1, 0.15) is 20.3 Å². The zero-order valence-electron chi connectivity index (χ0n) is 11.4. The molecule has 19 heavy (non-hydrogen) atoms. The largest absolute Gasteiger partial charge is 0.494 e. The lowest BCUT2D eigenvalue weighted by molar-refractivity contribution is 0.419. The van der Waals surface area contributed by atoms with Crippen LogP contribution < -0.4 is 16.2 Å². The Labute approximate surface area is 118 Å². The van der Waals surface area contributed by atoms with Crippen LogP contribution in [0, 0.1) is 0 Å². The van der Waals surface area contributed by atoms with Crippen LogP contribution in [0.4, 0.5) is 0 Å². The summed E-state index contributed by atoms with van der Waals surface area (Å²) >= 11 is 0. The predicted octanol–water partition coefficient (Wildman–Crippen LogP) is 1.89. The van der Waals surface area contributed by atoms with Gasteiger partial charge in [0.1, 0.15) is 11.3 Å². The molecule has 0 atom stereocenters. The van der Waals surface area contributed by atoms with Crippen molar-refractivity contribution in [3.05, 3.63) is 28.7 Å². The molecule has 2 aromatic rings. The molecule has 0 fully saturated rings. The molecular weight excluding hydrogens is 266 g/mol. The Morgan fingerprint density at radius 1 is 1.42 bits per heavy atom. The Morgan fingerprint density at radius 3 is 2.68 bits per heavy atom. The third-order valence-electron chi connectivity index (χ3n) is 2.97. The van der Waals surface area contributed by atoms with Gasteiger partial charge in [0.25, 0.3) is 0 Å². The smallest absolute Gasteiger partial charge is 0.326 e. The van der Waals surface area contributed by atoms with Crippen molar-refractivity contribution in [1.82, 2.24) is 9.55 Å². The molecule has 0 aliphatic rings. The van der Waals surface area contributed by atoms with Gasteiger partial charge in [-0.2, -0.15) is 0 Å². The normalized spacial score (nSPS) is 11.4. The number of nitrogens with zero attached hydrogens (tertiary/aromatic N) is 1. The number of aromatic nitrogens is 2. The van der Waals surface area contributed by atoms with Crippen molar-refractivity contribution in [2.75, 3.05) is 7.11 Å². The summed E-state index contributed by atoms with van der Waals surface area (Å²) in [7, 11) is 1.59. The fourth-order valence-corrected chi connectivity index (χ4v) is 1.95. The maximum Gasteiger partial charge on any atom is 0.326 e. The molecule has 5 nitrogen and oxygen atoms in total. The molecule has 1 aromatic heterocycles. The monoisotopic (exact) mass is 285 g/mol. The number of hydrogen-bond donors (Lipinski definition) is 2. The molecule has 0 bridgehead atoms. The number of para-hydroxylation sites is 1. The molecule has 3 N–H and O–H groups in total. The number of imidazole rings is 1. The van der Waals surface area contributed by atoms with E-state index >= 15 is 0 Å². The van der Waals surface area contributed by atoms with Gasteiger partial charge < -0.3 is 15.5 Å². The number of methoxy groups -OCH3 is 1. The summed E-state index contributed by atoms with van der Waals surface area (Å²) < 4.78 is 6.93. The van der Waals surface area contributed by atoms with E-state index in [9.17, 15) is 4.79 Å². The number of aromatic amines is 1. The van der Waals surface area contributed by atoms with Crippen molar-refractivity contribution in [3.8, 4) is 5.75 Å². The summed E-state index contributed by atoms with van der Waals surface area (Å²) in [5, 5.41) is 0. The number of hydrogen-bond acceptors (Lipinski definition) is 3. The zero-order valence-corrected chi connectivity index (χ0v) is 12.2. The zero-order chi connectivity index (χ0) is 13.3. The summed E-state index contributed by atoms with van der Waals surface area (Å²) in [5.41, 5.74) is 7.12. The fraction of sp³-hybridized carbons (Fsp3) is 0.462. The fourth-order valence-electron chi connectivity index (χ4n) is 1.95. The van der Waals surface area contributed by atoms with Crippen LogP contribution in [0.5, 0.6) is 5.75 Å². The first-order chi connectivity index (χ1) is 8.42. The maximum absolute atomic E-state index is 11.9. The molecule has 0 spiro atoms. The average Bonchev–Trinajstić information content (AvgIpc) is 2.61. The molecule has 1 heterocycles. The summed E-state index contributed by atoms with van der Waals surface area (Å²) in [6, 6.07) is 5.60. The minimum Gasteiger partial charge on any atom is -0.494 e. The van der Waals surface area contributed by atoms with E-state index in [0.29, 0.717) is 12.3 Å². The van der Waals surface area contributed by atoms with Gasteiger partial charge in [-0.15, -0.1) is 12.4 Å². The predicted molar refractivity (Wildman–Crippen MR) is 79.2 cm³/mol. The summed E-state index contributed by atoms with van der Waals surface area (Å²) in [4.78, 5) is 14.8. The van der Waals surface area contributed by atoms with Crippen LogP contribution in [0.25, 0.3) is 11.0 Å². The van der Waals surface area contributed by atoms with Crippen LogP contribution in [0.2, 0.25) is 0 Å². The average molecular weight is 286 g/mol. The molecule has 1 aromatic carbocycles. The van der Waals surface area contributed by atoms with Gasteiger partial charge in [-0.3, -0.25) is 4.57 Å². The standard InChI is InChI=1S/C13H19N3O2.ClH/c1-13(2,14)7-8-16-9-5-4-6-10(18-3)11(9)15-12(16)17;/h4-6H,7-8,14H2,1-3H3,(H,15,17);1H. The van der Waals surface area contributed by atoms with Crippen LogP contribution in [0.15, 0.2) is 23.0 Å². The highest BCUT2D eigenvalue weighted by Gasteiger charge is 2.14. The lowest BCUT2D eigenvalue weighted by Crippen LogP contribution is -2.34. The van der Waals surface area contributed by atoms with Crippen molar-refractivity contribution >= 4 is 23.4 Å². The van der Waals surface area contributed by atoms with E-state index < -0.39 is 0 Å². The molecule has 0 saturated carbocycles. The number of nitrogens with two attached hydrogens (primary N) is 1. The Hall–Kier alpha value is -1.46. The third kappa shape index (κ3) is 3.30. The van der Waals surface area contributed by atoms with Crippen LogP contribution in [-0.2, 0) is 6.54 Å². The number of benzene rings is 1. The van der Waals surface area contributed by atoms with E-state index in [-0.39, 0.29) is 23.6 Å². The molecular formula is C13H20ClN3O2. The van der Waals surface area contributed by atoms with Gasteiger partial charge in [-0.1, -0.05) is 6.07 Å². The number of halogens is 1. The Morgan fingerprint density at radius 2 is 2.11 bits per heavy atom. The number of H-pyrrole nitrogens is 1. The first kappa shape index (κ1) is 15.6. The third-order valence-corrected chi connectivity index (χ3v) is 2.97. The Bertz CT molecular complexity index is 610. The SMILES string of the molecule is COc1cccc2c1[nH]c(=O)n2CCC(C)(C)N.Cl. The second-order valence-corrected chi connectivity index (χ2v) is 5.17. The number of fused-ring (bicyclic) bond motifs is 1. The van der Waals surface area contributed by atoms with Crippen molar-refractivity contribution in [2.24, 2.45) is 5.73 Å². The number of aryl methyl sites for hydroxylation is 1. The van der Waals surface area contributed by atoms with E-state index in [1.165, 1.54) is 0 Å². The number of ether oxygens (including phenoxy) is 1. The van der Waals surface area contributed by atoms with Crippen molar-refractivity contribution < 1.29 is 4.74 Å². The van der Waals surface area contributed by atoms with E-state index in [0.717, 1.165) is 17.5 Å².